The lowest BCUT2D eigenvalue weighted by Gasteiger charge is -2.22. The first-order chi connectivity index (χ1) is 15.2. The summed E-state index contributed by atoms with van der Waals surface area (Å²) in [5, 5.41) is 12.7. The summed E-state index contributed by atoms with van der Waals surface area (Å²) in [5.74, 6) is 0.0554. The van der Waals surface area contributed by atoms with Crippen LogP contribution in [0.4, 0.5) is 0 Å². The van der Waals surface area contributed by atoms with Crippen molar-refractivity contribution in [3.8, 4) is 0 Å². The van der Waals surface area contributed by atoms with Crippen LogP contribution in [0.15, 0.2) is 0 Å². The van der Waals surface area contributed by atoms with Crippen molar-refractivity contribution in [1.82, 2.24) is 5.32 Å². The van der Waals surface area contributed by atoms with E-state index < -0.39 is 0 Å². The molecule has 0 aliphatic carbocycles. The molecule has 0 saturated heterocycles. The van der Waals surface area contributed by atoms with Crippen molar-refractivity contribution >= 4 is 5.97 Å². The molecule has 2 N–H and O–H groups in total. The van der Waals surface area contributed by atoms with E-state index in [1.54, 1.807) is 0 Å². The van der Waals surface area contributed by atoms with Crippen molar-refractivity contribution in [2.75, 3.05) is 19.8 Å². The van der Waals surface area contributed by atoms with Crippen molar-refractivity contribution in [3.05, 3.63) is 0 Å². The molecule has 0 spiro atoms. The third kappa shape index (κ3) is 19.8. The number of ether oxygens (including phenoxy) is 1. The standard InChI is InChI=1S/C27H55NO3/c1-4-7-10-12-14-15-18-25(27(30)31-24-17-9-6-3)20-21-26(28-22-23-29)19-16-13-11-8-5-2/h25-26,28-29H,4-24H2,1-3H3. The molecule has 0 radical (unpaired) electrons. The second kappa shape index (κ2) is 24.0. The molecule has 31 heavy (non-hydrogen) atoms. The minimum Gasteiger partial charge on any atom is -0.465 e. The number of unbranched alkanes of at least 4 members (excludes halogenated alkanes) is 11. The molecule has 2 atom stereocenters. The van der Waals surface area contributed by atoms with Gasteiger partial charge in [-0.05, 0) is 32.1 Å². The van der Waals surface area contributed by atoms with Crippen molar-refractivity contribution in [2.24, 2.45) is 5.92 Å². The van der Waals surface area contributed by atoms with Crippen LogP contribution in [0.1, 0.15) is 136 Å². The van der Waals surface area contributed by atoms with Crippen LogP contribution in [0.2, 0.25) is 0 Å². The lowest BCUT2D eigenvalue weighted by Crippen LogP contribution is -2.32. The van der Waals surface area contributed by atoms with E-state index in [1.165, 1.54) is 64.2 Å². The molecule has 0 aromatic carbocycles. The van der Waals surface area contributed by atoms with Crippen LogP contribution < -0.4 is 5.32 Å². The van der Waals surface area contributed by atoms with Crippen LogP contribution in [0.5, 0.6) is 0 Å². The summed E-state index contributed by atoms with van der Waals surface area (Å²) in [4.78, 5) is 12.7. The summed E-state index contributed by atoms with van der Waals surface area (Å²) in [6.45, 7) is 8.05. The average molecular weight is 442 g/mol. The topological polar surface area (TPSA) is 58.6 Å². The van der Waals surface area contributed by atoms with Gasteiger partial charge in [-0.15, -0.1) is 0 Å². The zero-order valence-electron chi connectivity index (χ0n) is 21.3. The highest BCUT2D eigenvalue weighted by Crippen LogP contribution is 2.21. The SMILES string of the molecule is CCCCCCCCC(CCC(CCCCCCC)NCCO)C(=O)OCCCCC. The quantitative estimate of drug-likeness (QED) is 0.123. The number of nitrogens with one attached hydrogen (secondary N) is 1. The van der Waals surface area contributed by atoms with Gasteiger partial charge in [0.05, 0.1) is 19.1 Å². The predicted molar refractivity (Wildman–Crippen MR) is 133 cm³/mol. The fourth-order valence-electron chi connectivity index (χ4n) is 4.21. The molecular formula is C27H55NO3. The van der Waals surface area contributed by atoms with Gasteiger partial charge >= 0.3 is 5.97 Å². The number of carbonyl (C=O) groups excluding carboxylic acids is 1. The van der Waals surface area contributed by atoms with Crippen molar-refractivity contribution in [3.63, 3.8) is 0 Å². The highest BCUT2D eigenvalue weighted by Gasteiger charge is 2.21. The Morgan fingerprint density at radius 3 is 1.87 bits per heavy atom. The van der Waals surface area contributed by atoms with E-state index in [0.29, 0.717) is 19.2 Å². The van der Waals surface area contributed by atoms with E-state index in [1.807, 2.05) is 0 Å². The van der Waals surface area contributed by atoms with Gasteiger partial charge < -0.3 is 15.2 Å². The molecule has 2 unspecified atom stereocenters. The van der Waals surface area contributed by atoms with Gasteiger partial charge in [0.25, 0.3) is 0 Å². The average Bonchev–Trinajstić information content (AvgIpc) is 2.78. The lowest BCUT2D eigenvalue weighted by molar-refractivity contribution is -0.149. The maximum absolute atomic E-state index is 12.7. The molecule has 0 heterocycles. The number of hydrogen-bond donors (Lipinski definition) is 2. The molecule has 0 bridgehead atoms. The van der Waals surface area contributed by atoms with Crippen molar-refractivity contribution < 1.29 is 14.6 Å². The van der Waals surface area contributed by atoms with Crippen LogP contribution in [-0.2, 0) is 9.53 Å². The number of esters is 1. The Bertz CT molecular complexity index is 375. The van der Waals surface area contributed by atoms with E-state index in [2.05, 4.69) is 26.1 Å². The van der Waals surface area contributed by atoms with Crippen LogP contribution in [0.25, 0.3) is 0 Å². The van der Waals surface area contributed by atoms with Gasteiger partial charge in [-0.25, -0.2) is 0 Å². The lowest BCUT2D eigenvalue weighted by atomic mass is 9.92. The first-order valence-corrected chi connectivity index (χ1v) is 13.7. The van der Waals surface area contributed by atoms with E-state index in [0.717, 1.165) is 51.4 Å². The molecule has 0 amide bonds. The third-order valence-electron chi connectivity index (χ3n) is 6.30. The normalized spacial score (nSPS) is 13.3. The Balaban J connectivity index is 4.52. The smallest absolute Gasteiger partial charge is 0.308 e. The minimum atomic E-state index is 0.0218. The molecule has 0 rings (SSSR count). The van der Waals surface area contributed by atoms with Crippen LogP contribution in [0.3, 0.4) is 0 Å². The number of rotatable bonds is 24. The van der Waals surface area contributed by atoms with E-state index >= 15 is 0 Å². The molecule has 0 aromatic rings. The summed E-state index contributed by atoms with van der Waals surface area (Å²) in [7, 11) is 0. The summed E-state index contributed by atoms with van der Waals surface area (Å²) in [6.07, 6.45) is 21.2. The number of hydrogen-bond acceptors (Lipinski definition) is 4. The van der Waals surface area contributed by atoms with Gasteiger partial charge in [-0.2, -0.15) is 0 Å². The van der Waals surface area contributed by atoms with Gasteiger partial charge in [-0.3, -0.25) is 4.79 Å². The van der Waals surface area contributed by atoms with E-state index in [4.69, 9.17) is 4.74 Å². The molecule has 4 nitrogen and oxygen atoms in total. The summed E-state index contributed by atoms with van der Waals surface area (Å²) in [5.41, 5.74) is 0. The van der Waals surface area contributed by atoms with Gasteiger partial charge in [0.15, 0.2) is 0 Å². The van der Waals surface area contributed by atoms with Crippen LogP contribution >= 0.6 is 0 Å². The molecule has 0 fully saturated rings. The molecule has 186 valence electrons. The van der Waals surface area contributed by atoms with Crippen molar-refractivity contribution in [2.45, 2.75) is 142 Å². The number of carbonyl (C=O) groups is 1. The maximum atomic E-state index is 12.7. The second-order valence-corrected chi connectivity index (χ2v) is 9.28. The molecular weight excluding hydrogens is 386 g/mol. The van der Waals surface area contributed by atoms with Gasteiger partial charge in [-0.1, -0.05) is 104 Å². The predicted octanol–water partition coefficient (Wildman–Crippen LogP) is 7.18. The first kappa shape index (κ1) is 30.4. The number of aliphatic hydroxyl groups is 1. The van der Waals surface area contributed by atoms with Crippen LogP contribution in [0, 0.1) is 5.92 Å². The Labute approximate surface area is 194 Å². The molecule has 4 heteroatoms. The summed E-state index contributed by atoms with van der Waals surface area (Å²) in [6, 6.07) is 0.397. The molecule has 0 aromatic heterocycles. The molecule has 0 saturated carbocycles. The highest BCUT2D eigenvalue weighted by molar-refractivity contribution is 5.72. The summed E-state index contributed by atoms with van der Waals surface area (Å²) >= 11 is 0. The zero-order chi connectivity index (χ0) is 23.0. The Kier molecular flexibility index (Phi) is 23.6. The van der Waals surface area contributed by atoms with E-state index in [-0.39, 0.29) is 18.5 Å². The summed E-state index contributed by atoms with van der Waals surface area (Å²) < 4.78 is 5.64. The second-order valence-electron chi connectivity index (χ2n) is 9.28. The van der Waals surface area contributed by atoms with Gasteiger partial charge in [0.1, 0.15) is 0 Å². The van der Waals surface area contributed by atoms with Crippen LogP contribution in [-0.4, -0.2) is 36.9 Å². The van der Waals surface area contributed by atoms with Gasteiger partial charge in [0.2, 0.25) is 0 Å². The monoisotopic (exact) mass is 441 g/mol. The van der Waals surface area contributed by atoms with Gasteiger partial charge in [0, 0.05) is 12.6 Å². The first-order valence-electron chi connectivity index (χ1n) is 13.7. The Hall–Kier alpha value is -0.610. The van der Waals surface area contributed by atoms with Crippen molar-refractivity contribution in [1.29, 1.82) is 0 Å². The zero-order valence-corrected chi connectivity index (χ0v) is 21.3. The maximum Gasteiger partial charge on any atom is 0.308 e. The largest absolute Gasteiger partial charge is 0.465 e. The molecule has 0 aliphatic heterocycles. The third-order valence-corrected chi connectivity index (χ3v) is 6.30. The number of aliphatic hydroxyl groups excluding tert-OH is 1. The fraction of sp³-hybridized carbons (Fsp3) is 0.963. The fourth-order valence-corrected chi connectivity index (χ4v) is 4.21. The Morgan fingerprint density at radius 1 is 0.710 bits per heavy atom. The Morgan fingerprint density at radius 2 is 1.26 bits per heavy atom. The minimum absolute atomic E-state index is 0.0218. The molecule has 0 aliphatic rings. The van der Waals surface area contributed by atoms with E-state index in [9.17, 15) is 9.90 Å². The highest BCUT2D eigenvalue weighted by atomic mass is 16.5.